The summed E-state index contributed by atoms with van der Waals surface area (Å²) in [6.07, 6.45) is 0.0108. The van der Waals surface area contributed by atoms with Crippen molar-refractivity contribution in [3.8, 4) is 28.7 Å². The predicted molar refractivity (Wildman–Crippen MR) is 139 cm³/mol. The normalized spacial score (nSPS) is 14.3. The van der Waals surface area contributed by atoms with Gasteiger partial charge in [-0.05, 0) is 55.8 Å². The minimum absolute atomic E-state index is 0.152. The molecule has 1 aliphatic heterocycles. The van der Waals surface area contributed by atoms with Crippen molar-refractivity contribution in [3.05, 3.63) is 66.2 Å². The lowest BCUT2D eigenvalue weighted by Crippen LogP contribution is -2.45. The van der Waals surface area contributed by atoms with Gasteiger partial charge in [0.15, 0.2) is 17.6 Å². The molecule has 0 fully saturated rings. The molecule has 0 saturated carbocycles. The van der Waals surface area contributed by atoms with Crippen LogP contribution in [0.1, 0.15) is 23.7 Å². The number of anilines is 2. The molecule has 1 N–H and O–H groups in total. The number of para-hydroxylation sites is 1. The second-order valence-electron chi connectivity index (χ2n) is 8.32. The van der Waals surface area contributed by atoms with Crippen molar-refractivity contribution in [1.82, 2.24) is 0 Å². The van der Waals surface area contributed by atoms with E-state index in [0.29, 0.717) is 59.5 Å². The summed E-state index contributed by atoms with van der Waals surface area (Å²) in [5, 5.41) is 2.87. The molecule has 0 radical (unpaired) electrons. The van der Waals surface area contributed by atoms with Gasteiger partial charge < -0.3 is 33.9 Å². The molecular formula is C28H30N2O7. The number of ether oxygens (including phenoxy) is 5. The van der Waals surface area contributed by atoms with E-state index in [1.54, 1.807) is 42.2 Å². The minimum atomic E-state index is -0.609. The summed E-state index contributed by atoms with van der Waals surface area (Å²) < 4.78 is 27.6. The van der Waals surface area contributed by atoms with Gasteiger partial charge >= 0.3 is 0 Å². The first kappa shape index (κ1) is 25.7. The number of nitrogens with one attached hydrogen (secondary N) is 1. The lowest BCUT2D eigenvalue weighted by molar-refractivity contribution is -0.125. The number of benzene rings is 3. The van der Waals surface area contributed by atoms with Crippen LogP contribution in [0.4, 0.5) is 11.4 Å². The Morgan fingerprint density at radius 1 is 0.973 bits per heavy atom. The number of hydrogen-bond acceptors (Lipinski definition) is 7. The summed E-state index contributed by atoms with van der Waals surface area (Å²) >= 11 is 0. The second kappa shape index (κ2) is 11.6. The third kappa shape index (κ3) is 5.72. The fourth-order valence-corrected chi connectivity index (χ4v) is 4.06. The summed E-state index contributed by atoms with van der Waals surface area (Å²) in [5.41, 5.74) is 1.42. The zero-order valence-electron chi connectivity index (χ0n) is 21.3. The fraction of sp³-hybridized carbons (Fsp3) is 0.286. The van der Waals surface area contributed by atoms with Crippen molar-refractivity contribution in [2.24, 2.45) is 0 Å². The number of nitrogens with zero attached hydrogens (tertiary/aromatic N) is 1. The van der Waals surface area contributed by atoms with Gasteiger partial charge in [0.2, 0.25) is 5.75 Å². The number of carbonyl (C=O) groups excluding carboxylic acids is 2. The molecule has 0 aliphatic carbocycles. The lowest BCUT2D eigenvalue weighted by atomic mass is 10.1. The van der Waals surface area contributed by atoms with Crippen molar-refractivity contribution in [2.45, 2.75) is 19.4 Å². The smallest absolute Gasteiger partial charge is 0.267 e. The van der Waals surface area contributed by atoms with Crippen molar-refractivity contribution >= 4 is 23.2 Å². The van der Waals surface area contributed by atoms with Crippen LogP contribution < -0.4 is 33.9 Å². The summed E-state index contributed by atoms with van der Waals surface area (Å²) in [6.45, 7) is 2.62. The third-order valence-corrected chi connectivity index (χ3v) is 5.89. The van der Waals surface area contributed by atoms with Gasteiger partial charge in [-0.3, -0.25) is 9.59 Å². The molecule has 3 aromatic rings. The maximum absolute atomic E-state index is 13.1. The Balaban J connectivity index is 1.51. The molecule has 4 rings (SSSR count). The average molecular weight is 507 g/mol. The highest BCUT2D eigenvalue weighted by Gasteiger charge is 2.31. The molecule has 0 saturated heterocycles. The number of hydrogen-bond donors (Lipinski definition) is 1. The van der Waals surface area contributed by atoms with E-state index < -0.39 is 6.10 Å². The van der Waals surface area contributed by atoms with Gasteiger partial charge in [-0.25, -0.2) is 0 Å². The summed E-state index contributed by atoms with van der Waals surface area (Å²) in [7, 11) is 4.47. The molecule has 1 heterocycles. The molecule has 2 amide bonds. The zero-order valence-corrected chi connectivity index (χ0v) is 21.3. The molecule has 37 heavy (non-hydrogen) atoms. The number of fused-ring (bicyclic) bond motifs is 1. The molecule has 1 atom stereocenters. The standard InChI is InChI=1S/C28H30N2O7/c1-18-28(32)30(13-8-14-36-21-9-6-5-7-10-21)22-17-20(11-12-23(22)37-18)29-27(31)19-15-24(33-2)26(35-4)25(16-19)34-3/h5-7,9-12,15-18H,8,13-14H2,1-4H3,(H,29,31). The molecular weight excluding hydrogens is 476 g/mol. The van der Waals surface area contributed by atoms with Crippen LogP contribution >= 0.6 is 0 Å². The number of carbonyl (C=O) groups is 2. The topological polar surface area (TPSA) is 95.6 Å². The third-order valence-electron chi connectivity index (χ3n) is 5.89. The first-order chi connectivity index (χ1) is 17.9. The maximum Gasteiger partial charge on any atom is 0.267 e. The fourth-order valence-electron chi connectivity index (χ4n) is 4.06. The Morgan fingerprint density at radius 3 is 2.32 bits per heavy atom. The largest absolute Gasteiger partial charge is 0.494 e. The molecule has 0 bridgehead atoms. The van der Waals surface area contributed by atoms with Crippen LogP contribution in [0.15, 0.2) is 60.7 Å². The quantitative estimate of drug-likeness (QED) is 0.403. The zero-order chi connectivity index (χ0) is 26.4. The van der Waals surface area contributed by atoms with Gasteiger partial charge in [0.1, 0.15) is 11.5 Å². The lowest BCUT2D eigenvalue weighted by Gasteiger charge is -2.33. The van der Waals surface area contributed by atoms with Crippen LogP contribution in [0.2, 0.25) is 0 Å². The molecule has 9 nitrogen and oxygen atoms in total. The number of methoxy groups -OCH3 is 3. The molecule has 9 heteroatoms. The highest BCUT2D eigenvalue weighted by molar-refractivity contribution is 6.06. The van der Waals surface area contributed by atoms with Crippen LogP contribution in [0.25, 0.3) is 0 Å². The monoisotopic (exact) mass is 506 g/mol. The molecule has 194 valence electrons. The van der Waals surface area contributed by atoms with Crippen molar-refractivity contribution in [3.63, 3.8) is 0 Å². The van der Waals surface area contributed by atoms with E-state index in [1.807, 2.05) is 30.3 Å². The number of amides is 2. The van der Waals surface area contributed by atoms with E-state index >= 15 is 0 Å². The van der Waals surface area contributed by atoms with E-state index in [0.717, 1.165) is 5.75 Å². The van der Waals surface area contributed by atoms with Crippen LogP contribution in [-0.2, 0) is 4.79 Å². The average Bonchev–Trinajstić information content (AvgIpc) is 2.92. The SMILES string of the molecule is COc1cc(C(=O)Nc2ccc3c(c2)N(CCCOc2ccccc2)C(=O)C(C)O3)cc(OC)c1OC. The Hall–Kier alpha value is -4.40. The van der Waals surface area contributed by atoms with Gasteiger partial charge in [0.25, 0.3) is 11.8 Å². The van der Waals surface area contributed by atoms with Crippen LogP contribution in [-0.4, -0.2) is 52.4 Å². The molecule has 1 unspecified atom stereocenters. The summed E-state index contributed by atoms with van der Waals surface area (Å²) in [4.78, 5) is 27.7. The van der Waals surface area contributed by atoms with Crippen LogP contribution in [0.3, 0.4) is 0 Å². The molecule has 1 aliphatic rings. The molecule has 0 spiro atoms. The minimum Gasteiger partial charge on any atom is -0.494 e. The van der Waals surface area contributed by atoms with E-state index in [4.69, 9.17) is 23.7 Å². The van der Waals surface area contributed by atoms with E-state index in [2.05, 4.69) is 5.32 Å². The molecule has 3 aromatic carbocycles. The van der Waals surface area contributed by atoms with Crippen LogP contribution in [0.5, 0.6) is 28.7 Å². The van der Waals surface area contributed by atoms with Crippen LogP contribution in [0, 0.1) is 0 Å². The highest BCUT2D eigenvalue weighted by atomic mass is 16.5. The van der Waals surface area contributed by atoms with Crippen molar-refractivity contribution in [2.75, 3.05) is 44.7 Å². The van der Waals surface area contributed by atoms with Crippen molar-refractivity contribution in [1.29, 1.82) is 0 Å². The Morgan fingerprint density at radius 2 is 1.68 bits per heavy atom. The van der Waals surface area contributed by atoms with Gasteiger partial charge in [-0.2, -0.15) is 0 Å². The summed E-state index contributed by atoms with van der Waals surface area (Å²) in [6, 6.07) is 17.9. The first-order valence-corrected chi connectivity index (χ1v) is 11.9. The Bertz CT molecular complexity index is 1240. The first-order valence-electron chi connectivity index (χ1n) is 11.9. The van der Waals surface area contributed by atoms with E-state index in [1.165, 1.54) is 21.3 Å². The highest BCUT2D eigenvalue weighted by Crippen LogP contribution is 2.39. The predicted octanol–water partition coefficient (Wildman–Crippen LogP) is 4.55. The maximum atomic E-state index is 13.1. The Kier molecular flexibility index (Phi) is 8.02. The van der Waals surface area contributed by atoms with Gasteiger partial charge in [-0.1, -0.05) is 18.2 Å². The van der Waals surface area contributed by atoms with Gasteiger partial charge in [0, 0.05) is 17.8 Å². The van der Waals surface area contributed by atoms with Gasteiger partial charge in [0.05, 0.1) is 33.6 Å². The van der Waals surface area contributed by atoms with Crippen molar-refractivity contribution < 1.29 is 33.3 Å². The second-order valence-corrected chi connectivity index (χ2v) is 8.32. The number of rotatable bonds is 10. The Labute approximate surface area is 215 Å². The van der Waals surface area contributed by atoms with Gasteiger partial charge in [-0.15, -0.1) is 0 Å². The van der Waals surface area contributed by atoms with E-state index in [-0.39, 0.29) is 11.8 Å². The van der Waals surface area contributed by atoms with E-state index in [9.17, 15) is 9.59 Å². The summed E-state index contributed by atoms with van der Waals surface area (Å²) in [5.74, 6) is 1.96. The molecule has 0 aromatic heterocycles.